The number of fused-ring (bicyclic) bond motifs is 1. The number of alkyl halides is 1. The molecule has 130 valence electrons. The van der Waals surface area contributed by atoms with E-state index in [1.807, 2.05) is 4.90 Å². The number of benzene rings is 1. The lowest BCUT2D eigenvalue weighted by molar-refractivity contribution is -0.115. The van der Waals surface area contributed by atoms with Gasteiger partial charge in [-0.2, -0.15) is 4.99 Å². The maximum Gasteiger partial charge on any atom is 0.262 e. The van der Waals surface area contributed by atoms with Gasteiger partial charge < -0.3 is 4.90 Å². The predicted octanol–water partition coefficient (Wildman–Crippen LogP) is 1.70. The molecule has 2 heterocycles. The third-order valence-electron chi connectivity index (χ3n) is 4.06. The lowest BCUT2D eigenvalue weighted by Gasteiger charge is -2.24. The molecule has 2 aliphatic rings. The van der Waals surface area contributed by atoms with E-state index in [1.54, 1.807) is 12.1 Å². The van der Waals surface area contributed by atoms with Crippen molar-refractivity contribution in [2.24, 2.45) is 4.99 Å². The molecule has 24 heavy (non-hydrogen) atoms. The number of hydrogen-bond acceptors (Lipinski definition) is 4. The zero-order chi connectivity index (χ0) is 17.3. The third-order valence-corrected chi connectivity index (χ3v) is 7.54. The highest BCUT2D eigenvalue weighted by atomic mass is 35.5. The first-order valence-corrected chi connectivity index (χ1v) is 10.7. The summed E-state index contributed by atoms with van der Waals surface area (Å²) in [6.07, 6.45) is 0.609. The minimum absolute atomic E-state index is 0.0716. The van der Waals surface area contributed by atoms with Crippen LogP contribution in [-0.2, 0) is 21.1 Å². The number of halogens is 2. The number of amides is 1. The molecule has 5 nitrogen and oxygen atoms in total. The van der Waals surface area contributed by atoms with E-state index in [9.17, 15) is 17.6 Å². The standard InChI is InChI=1S/C15H16ClFN2O3S2/c16-7-14(20)18-15-19(6-5-10-1-3-11(17)4-2-10)12-8-24(21,22)9-13(12)23-15/h1-4,12-13H,5-9H2/t12-,13+/m0/s1. The number of carbonyl (C=O) groups excluding carboxylic acids is 1. The topological polar surface area (TPSA) is 66.8 Å². The van der Waals surface area contributed by atoms with Crippen LogP contribution in [0, 0.1) is 5.82 Å². The summed E-state index contributed by atoms with van der Waals surface area (Å²) in [4.78, 5) is 17.4. The van der Waals surface area contributed by atoms with E-state index in [0.29, 0.717) is 18.1 Å². The minimum atomic E-state index is -3.06. The first-order chi connectivity index (χ1) is 11.4. The first-order valence-electron chi connectivity index (χ1n) is 7.43. The monoisotopic (exact) mass is 390 g/mol. The Morgan fingerprint density at radius 2 is 2.04 bits per heavy atom. The van der Waals surface area contributed by atoms with Gasteiger partial charge in [-0.1, -0.05) is 23.9 Å². The smallest absolute Gasteiger partial charge is 0.262 e. The van der Waals surface area contributed by atoms with Crippen molar-refractivity contribution in [2.75, 3.05) is 23.9 Å². The fraction of sp³-hybridized carbons (Fsp3) is 0.467. The Morgan fingerprint density at radius 3 is 2.71 bits per heavy atom. The number of rotatable bonds is 4. The van der Waals surface area contributed by atoms with Crippen LogP contribution in [0.1, 0.15) is 5.56 Å². The Kier molecular flexibility index (Phi) is 5.17. The van der Waals surface area contributed by atoms with Crippen molar-refractivity contribution in [3.05, 3.63) is 35.6 Å². The molecule has 0 aromatic heterocycles. The van der Waals surface area contributed by atoms with Gasteiger partial charge in [0.05, 0.1) is 17.5 Å². The first kappa shape index (κ1) is 17.7. The second-order valence-corrected chi connectivity index (χ2v) is 9.42. The Hall–Kier alpha value is -1.12. The Balaban J connectivity index is 1.78. The molecule has 1 amide bonds. The Bertz CT molecular complexity index is 767. The number of nitrogens with zero attached hydrogens (tertiary/aromatic N) is 2. The molecule has 0 N–H and O–H groups in total. The van der Waals surface area contributed by atoms with Crippen LogP contribution < -0.4 is 0 Å². The molecule has 0 aliphatic carbocycles. The van der Waals surface area contributed by atoms with Crippen molar-refractivity contribution in [3.63, 3.8) is 0 Å². The normalized spacial score (nSPS) is 26.8. The number of amidine groups is 1. The van der Waals surface area contributed by atoms with Gasteiger partial charge in [-0.25, -0.2) is 12.8 Å². The molecular formula is C15H16ClFN2O3S2. The molecule has 1 aromatic rings. The molecule has 0 saturated carbocycles. The van der Waals surface area contributed by atoms with E-state index in [0.717, 1.165) is 5.56 Å². The maximum absolute atomic E-state index is 13.0. The van der Waals surface area contributed by atoms with Gasteiger partial charge in [-0.15, -0.1) is 11.6 Å². The number of carbonyl (C=O) groups is 1. The van der Waals surface area contributed by atoms with E-state index in [1.165, 1.54) is 23.9 Å². The van der Waals surface area contributed by atoms with E-state index < -0.39 is 15.7 Å². The lowest BCUT2D eigenvalue weighted by atomic mass is 10.1. The van der Waals surface area contributed by atoms with Gasteiger partial charge in [-0.05, 0) is 24.1 Å². The van der Waals surface area contributed by atoms with Gasteiger partial charge in [0.25, 0.3) is 5.91 Å². The van der Waals surface area contributed by atoms with Crippen LogP contribution >= 0.6 is 23.4 Å². The summed E-state index contributed by atoms with van der Waals surface area (Å²) in [7, 11) is -3.06. The van der Waals surface area contributed by atoms with Crippen LogP contribution in [-0.4, -0.2) is 59.6 Å². The van der Waals surface area contributed by atoms with Crippen LogP contribution in [0.4, 0.5) is 4.39 Å². The molecule has 1 aromatic carbocycles. The third kappa shape index (κ3) is 3.92. The van der Waals surface area contributed by atoms with Crippen molar-refractivity contribution in [1.82, 2.24) is 4.90 Å². The lowest BCUT2D eigenvalue weighted by Crippen LogP contribution is -2.39. The molecular weight excluding hydrogens is 375 g/mol. The number of hydrogen-bond donors (Lipinski definition) is 0. The fourth-order valence-corrected chi connectivity index (χ4v) is 6.99. The molecule has 3 rings (SSSR count). The highest BCUT2D eigenvalue weighted by molar-refractivity contribution is 8.15. The predicted molar refractivity (Wildman–Crippen MR) is 93.8 cm³/mol. The van der Waals surface area contributed by atoms with E-state index in [2.05, 4.69) is 4.99 Å². The summed E-state index contributed by atoms with van der Waals surface area (Å²) >= 11 is 6.85. The van der Waals surface area contributed by atoms with E-state index in [-0.39, 0.29) is 34.5 Å². The molecule has 2 aliphatic heterocycles. The van der Waals surface area contributed by atoms with Gasteiger partial charge in [0.2, 0.25) is 0 Å². The van der Waals surface area contributed by atoms with Crippen LogP contribution in [0.25, 0.3) is 0 Å². The summed E-state index contributed by atoms with van der Waals surface area (Å²) in [5, 5.41) is 0.428. The SMILES string of the molecule is O=C(CCl)N=C1S[C@@H]2CS(=O)(=O)C[C@@H]2N1CCc1ccc(F)cc1. The molecule has 0 spiro atoms. The number of thioether (sulfide) groups is 1. The maximum atomic E-state index is 13.0. The largest absolute Gasteiger partial charge is 0.346 e. The summed E-state index contributed by atoms with van der Waals surface area (Å²) < 4.78 is 36.7. The molecule has 2 atom stereocenters. The number of aliphatic imine (C=N–C) groups is 1. The van der Waals surface area contributed by atoms with Gasteiger partial charge in [0.15, 0.2) is 15.0 Å². The Labute approximate surface area is 149 Å². The zero-order valence-electron chi connectivity index (χ0n) is 12.7. The summed E-state index contributed by atoms with van der Waals surface area (Å²) in [6, 6.07) is 6.00. The summed E-state index contributed by atoms with van der Waals surface area (Å²) in [5.74, 6) is -0.768. The van der Waals surface area contributed by atoms with Gasteiger partial charge in [-0.3, -0.25) is 4.79 Å². The van der Waals surface area contributed by atoms with Crippen molar-refractivity contribution >= 4 is 44.3 Å². The quantitative estimate of drug-likeness (QED) is 0.732. The number of sulfone groups is 1. The highest BCUT2D eigenvalue weighted by Gasteiger charge is 2.48. The van der Waals surface area contributed by atoms with E-state index in [4.69, 9.17) is 11.6 Å². The van der Waals surface area contributed by atoms with Crippen LogP contribution in [0.5, 0.6) is 0 Å². The molecule has 0 unspecified atom stereocenters. The average Bonchev–Trinajstić information content (AvgIpc) is 2.98. The zero-order valence-corrected chi connectivity index (χ0v) is 15.1. The Morgan fingerprint density at radius 1 is 1.33 bits per heavy atom. The molecule has 2 fully saturated rings. The molecule has 0 radical (unpaired) electrons. The minimum Gasteiger partial charge on any atom is -0.346 e. The van der Waals surface area contributed by atoms with Gasteiger partial charge in [0, 0.05) is 11.8 Å². The summed E-state index contributed by atoms with van der Waals surface area (Å²) in [5.41, 5.74) is 0.939. The van der Waals surface area contributed by atoms with Gasteiger partial charge in [0.1, 0.15) is 11.7 Å². The van der Waals surface area contributed by atoms with Crippen LogP contribution in [0.15, 0.2) is 29.3 Å². The second kappa shape index (κ2) is 7.01. The molecule has 2 saturated heterocycles. The van der Waals surface area contributed by atoms with Gasteiger partial charge >= 0.3 is 0 Å². The molecule has 9 heteroatoms. The second-order valence-electron chi connectivity index (χ2n) is 5.79. The van der Waals surface area contributed by atoms with Crippen molar-refractivity contribution in [3.8, 4) is 0 Å². The summed E-state index contributed by atoms with van der Waals surface area (Å²) in [6.45, 7) is 0.518. The highest BCUT2D eigenvalue weighted by Crippen LogP contribution is 2.38. The average molecular weight is 391 g/mol. The fourth-order valence-electron chi connectivity index (χ4n) is 2.93. The molecule has 0 bridgehead atoms. The van der Waals surface area contributed by atoms with Crippen molar-refractivity contribution in [1.29, 1.82) is 0 Å². The van der Waals surface area contributed by atoms with E-state index >= 15 is 0 Å². The van der Waals surface area contributed by atoms with Crippen LogP contribution in [0.2, 0.25) is 0 Å². The van der Waals surface area contributed by atoms with Crippen molar-refractivity contribution in [2.45, 2.75) is 17.7 Å². The van der Waals surface area contributed by atoms with Crippen molar-refractivity contribution < 1.29 is 17.6 Å². The van der Waals surface area contributed by atoms with Crippen LogP contribution in [0.3, 0.4) is 0 Å².